The van der Waals surface area contributed by atoms with Gasteiger partial charge in [-0.2, -0.15) is 0 Å². The molecule has 5 atom stereocenters. The molecule has 3 aliphatic rings. The summed E-state index contributed by atoms with van der Waals surface area (Å²) in [6.07, 6.45) is 5.02. The molecule has 1 saturated heterocycles. The highest BCUT2D eigenvalue weighted by Crippen LogP contribution is 2.52. The van der Waals surface area contributed by atoms with Crippen LogP contribution in [0.5, 0.6) is 11.5 Å². The zero-order valence-corrected chi connectivity index (χ0v) is 21.7. The molecule has 2 fully saturated rings. The summed E-state index contributed by atoms with van der Waals surface area (Å²) in [4.78, 5) is 31.6. The maximum atomic E-state index is 12.8. The molecule has 9 heteroatoms. The summed E-state index contributed by atoms with van der Waals surface area (Å²) in [5, 5.41) is 6.43. The molecule has 33 heavy (non-hydrogen) atoms. The predicted octanol–water partition coefficient (Wildman–Crippen LogP) is 2.44. The van der Waals surface area contributed by atoms with Gasteiger partial charge in [-0.25, -0.2) is 4.99 Å². The van der Waals surface area contributed by atoms with E-state index in [1.807, 2.05) is 38.1 Å². The number of allylic oxidation sites excluding steroid dienone is 2. The number of rotatable bonds is 9. The quantitative estimate of drug-likeness (QED) is 0.156. The number of fused-ring (bicyclic) bond motifs is 5. The molecule has 2 bridgehead atoms. The van der Waals surface area contributed by atoms with Crippen molar-refractivity contribution in [1.29, 1.82) is 0 Å². The Bertz CT molecular complexity index is 891. The summed E-state index contributed by atoms with van der Waals surface area (Å²) in [5.74, 6) is 2.14. The minimum Gasteiger partial charge on any atom is -0.493 e. The molecule has 1 aromatic rings. The average molecular weight is 568 g/mol. The standard InChI is InChI=1S/C24H32N4O4.HI/c1-4-25-24(27-14-15(2)32-19-8-6-5-7-18(19)31-3)26-11-12-28-22(29)20-16-9-10-17(13-16)21(20)23(28)30;/h5-10,15-17,20-21H,4,11-14H2,1-3H3,(H2,25,26,27);1H. The van der Waals surface area contributed by atoms with E-state index in [9.17, 15) is 9.59 Å². The van der Waals surface area contributed by atoms with Crippen LogP contribution in [-0.2, 0) is 9.59 Å². The summed E-state index contributed by atoms with van der Waals surface area (Å²) >= 11 is 0. The fourth-order valence-electron chi connectivity index (χ4n) is 5.00. The molecule has 4 rings (SSSR count). The van der Waals surface area contributed by atoms with Crippen molar-refractivity contribution in [1.82, 2.24) is 15.5 Å². The molecule has 1 aliphatic heterocycles. The van der Waals surface area contributed by atoms with Crippen molar-refractivity contribution in [3.63, 3.8) is 0 Å². The molecule has 1 heterocycles. The first-order valence-corrected chi connectivity index (χ1v) is 11.4. The van der Waals surface area contributed by atoms with Crippen LogP contribution in [0, 0.1) is 23.7 Å². The third-order valence-corrected chi connectivity index (χ3v) is 6.44. The van der Waals surface area contributed by atoms with Gasteiger partial charge >= 0.3 is 0 Å². The van der Waals surface area contributed by atoms with Crippen molar-refractivity contribution in [3.8, 4) is 11.5 Å². The number of methoxy groups -OCH3 is 1. The summed E-state index contributed by atoms with van der Waals surface area (Å²) in [5.41, 5.74) is 0. The van der Waals surface area contributed by atoms with Crippen LogP contribution in [0.4, 0.5) is 0 Å². The van der Waals surface area contributed by atoms with Crippen molar-refractivity contribution in [2.24, 2.45) is 28.7 Å². The first-order chi connectivity index (χ1) is 15.5. The summed E-state index contributed by atoms with van der Waals surface area (Å²) < 4.78 is 11.3. The maximum Gasteiger partial charge on any atom is 0.233 e. The van der Waals surface area contributed by atoms with Crippen LogP contribution < -0.4 is 20.1 Å². The molecule has 2 aliphatic carbocycles. The van der Waals surface area contributed by atoms with Gasteiger partial charge < -0.3 is 20.1 Å². The lowest BCUT2D eigenvalue weighted by molar-refractivity contribution is -0.140. The third-order valence-electron chi connectivity index (χ3n) is 6.44. The number of nitrogens with zero attached hydrogens (tertiary/aromatic N) is 2. The second-order valence-corrected chi connectivity index (χ2v) is 8.55. The van der Waals surface area contributed by atoms with E-state index in [4.69, 9.17) is 9.47 Å². The largest absolute Gasteiger partial charge is 0.493 e. The van der Waals surface area contributed by atoms with Crippen LogP contribution in [0.1, 0.15) is 20.3 Å². The van der Waals surface area contributed by atoms with Crippen LogP contribution in [0.15, 0.2) is 41.4 Å². The molecular formula is C24H33IN4O4. The zero-order chi connectivity index (χ0) is 22.7. The number of amides is 2. The Morgan fingerprint density at radius 1 is 1.12 bits per heavy atom. The highest BCUT2D eigenvalue weighted by atomic mass is 127. The number of ether oxygens (including phenoxy) is 2. The van der Waals surface area contributed by atoms with E-state index in [1.165, 1.54) is 4.90 Å². The number of carbonyl (C=O) groups excluding carboxylic acids is 2. The smallest absolute Gasteiger partial charge is 0.233 e. The first-order valence-electron chi connectivity index (χ1n) is 11.4. The first kappa shape index (κ1) is 25.3. The lowest BCUT2D eigenvalue weighted by Crippen LogP contribution is -2.44. The number of imide groups is 1. The average Bonchev–Trinajstić information content (AvgIpc) is 3.47. The molecule has 0 aromatic heterocycles. The highest BCUT2D eigenvalue weighted by molar-refractivity contribution is 14.0. The number of nitrogens with one attached hydrogen (secondary N) is 2. The Morgan fingerprint density at radius 3 is 2.36 bits per heavy atom. The van der Waals surface area contributed by atoms with Gasteiger partial charge in [0.25, 0.3) is 0 Å². The molecule has 2 N–H and O–H groups in total. The zero-order valence-electron chi connectivity index (χ0n) is 19.3. The normalized spacial score (nSPS) is 26.2. The van der Waals surface area contributed by atoms with Crippen molar-refractivity contribution in [2.45, 2.75) is 26.4 Å². The Labute approximate surface area is 212 Å². The lowest BCUT2D eigenvalue weighted by Gasteiger charge is -2.19. The molecule has 8 nitrogen and oxygen atoms in total. The number of hydrogen-bond donors (Lipinski definition) is 2. The van der Waals surface area contributed by atoms with E-state index in [1.54, 1.807) is 7.11 Å². The summed E-state index contributed by atoms with van der Waals surface area (Å²) in [7, 11) is 1.61. The Morgan fingerprint density at radius 2 is 1.76 bits per heavy atom. The fraction of sp³-hybridized carbons (Fsp3) is 0.542. The van der Waals surface area contributed by atoms with Crippen molar-refractivity contribution < 1.29 is 19.1 Å². The van der Waals surface area contributed by atoms with Crippen molar-refractivity contribution in [2.75, 3.05) is 33.3 Å². The van der Waals surface area contributed by atoms with E-state index >= 15 is 0 Å². The molecule has 1 saturated carbocycles. The van der Waals surface area contributed by atoms with Crippen LogP contribution in [0.2, 0.25) is 0 Å². The number of hydrogen-bond acceptors (Lipinski definition) is 5. The van der Waals surface area contributed by atoms with Crippen molar-refractivity contribution >= 4 is 41.8 Å². The van der Waals surface area contributed by atoms with Gasteiger partial charge in [0.2, 0.25) is 11.8 Å². The highest BCUT2D eigenvalue weighted by Gasteiger charge is 2.58. The molecule has 2 amide bonds. The van der Waals surface area contributed by atoms with Crippen LogP contribution in [0.3, 0.4) is 0 Å². The number of likely N-dealkylation sites (tertiary alicyclic amines) is 1. The Hall–Kier alpha value is -2.30. The predicted molar refractivity (Wildman–Crippen MR) is 137 cm³/mol. The second-order valence-electron chi connectivity index (χ2n) is 8.55. The van der Waals surface area contributed by atoms with Gasteiger partial charge in [0.15, 0.2) is 17.5 Å². The van der Waals surface area contributed by atoms with Crippen molar-refractivity contribution in [3.05, 3.63) is 36.4 Å². The SMILES string of the molecule is CCNC(=NCC(C)Oc1ccccc1OC)NCCN1C(=O)C2C3C=CC(C3)C2C1=O.I. The number of aliphatic imine (C=N–C) groups is 1. The number of benzene rings is 1. The second kappa shape index (κ2) is 11.2. The number of guanidine groups is 1. The number of para-hydroxylation sites is 2. The maximum absolute atomic E-state index is 12.8. The van der Waals surface area contributed by atoms with Gasteiger partial charge in [0, 0.05) is 19.6 Å². The minimum atomic E-state index is -0.161. The van der Waals surface area contributed by atoms with Crippen LogP contribution in [-0.4, -0.2) is 62.1 Å². The molecule has 5 unspecified atom stereocenters. The fourth-order valence-corrected chi connectivity index (χ4v) is 5.00. The summed E-state index contributed by atoms with van der Waals surface area (Å²) in [6, 6.07) is 7.51. The Balaban J connectivity index is 0.00000306. The van der Waals surface area contributed by atoms with E-state index in [0.29, 0.717) is 43.6 Å². The van der Waals surface area contributed by atoms with Gasteiger partial charge in [-0.15, -0.1) is 24.0 Å². The topological polar surface area (TPSA) is 92.3 Å². The third kappa shape index (κ3) is 5.28. The van der Waals surface area contributed by atoms with Gasteiger partial charge in [0.05, 0.1) is 25.5 Å². The molecule has 180 valence electrons. The monoisotopic (exact) mass is 568 g/mol. The molecule has 0 radical (unpaired) electrons. The van der Waals surface area contributed by atoms with Crippen LogP contribution in [0.25, 0.3) is 0 Å². The number of carbonyl (C=O) groups is 2. The van der Waals surface area contributed by atoms with E-state index in [2.05, 4.69) is 27.8 Å². The minimum absolute atomic E-state index is 0. The molecule has 1 aromatic carbocycles. The molecular weight excluding hydrogens is 535 g/mol. The van der Waals surface area contributed by atoms with Crippen LogP contribution >= 0.6 is 24.0 Å². The lowest BCUT2D eigenvalue weighted by atomic mass is 9.85. The van der Waals surface area contributed by atoms with E-state index < -0.39 is 0 Å². The van der Waals surface area contributed by atoms with Gasteiger partial charge in [-0.05, 0) is 44.2 Å². The number of halogens is 1. The molecule has 0 spiro atoms. The Kier molecular flexibility index (Phi) is 8.61. The summed E-state index contributed by atoms with van der Waals surface area (Å²) in [6.45, 7) is 5.88. The van der Waals surface area contributed by atoms with Gasteiger partial charge in [0.1, 0.15) is 6.10 Å². The van der Waals surface area contributed by atoms with Gasteiger partial charge in [-0.3, -0.25) is 14.5 Å². The van der Waals surface area contributed by atoms with E-state index in [0.717, 1.165) is 6.42 Å². The van der Waals surface area contributed by atoms with E-state index in [-0.39, 0.29) is 65.6 Å². The van der Waals surface area contributed by atoms with Gasteiger partial charge in [-0.1, -0.05) is 24.3 Å².